The van der Waals surface area contributed by atoms with E-state index in [0.717, 1.165) is 14.9 Å². The van der Waals surface area contributed by atoms with Gasteiger partial charge in [0.15, 0.2) is 6.23 Å². The van der Waals surface area contributed by atoms with Gasteiger partial charge in [-0.05, 0) is 15.4 Å². The quantitative estimate of drug-likeness (QED) is 0.420. The van der Waals surface area contributed by atoms with Crippen LogP contribution in [0, 0.1) is 5.92 Å². The highest BCUT2D eigenvalue weighted by Gasteiger charge is 2.52. The van der Waals surface area contributed by atoms with E-state index in [1.807, 2.05) is 36.4 Å². The predicted molar refractivity (Wildman–Crippen MR) is 135 cm³/mol. The Balaban J connectivity index is 1.71. The van der Waals surface area contributed by atoms with Crippen molar-refractivity contribution in [3.63, 3.8) is 0 Å². The molecule has 186 valence electrons. The molecule has 3 N–H and O–H groups in total. The van der Waals surface area contributed by atoms with Crippen LogP contribution in [0.3, 0.4) is 0 Å². The summed E-state index contributed by atoms with van der Waals surface area (Å²) in [5.41, 5.74) is -1.23. The van der Waals surface area contributed by atoms with Crippen LogP contribution in [0.4, 0.5) is 0 Å². The lowest BCUT2D eigenvalue weighted by Crippen LogP contribution is -2.67. The van der Waals surface area contributed by atoms with E-state index in [4.69, 9.17) is 9.16 Å². The van der Waals surface area contributed by atoms with Gasteiger partial charge in [-0.1, -0.05) is 81.4 Å². The molecule has 0 bridgehead atoms. The van der Waals surface area contributed by atoms with Crippen molar-refractivity contribution >= 4 is 18.7 Å². The maximum atomic E-state index is 12.3. The minimum atomic E-state index is -2.86. The molecular formula is C26H32N2O6Si. The molecule has 1 aliphatic heterocycles. The third-order valence-electron chi connectivity index (χ3n) is 6.74. The van der Waals surface area contributed by atoms with Crippen LogP contribution in [0.25, 0.3) is 0 Å². The Morgan fingerprint density at radius 3 is 2.06 bits per heavy atom. The standard InChI is InChI=1S/C26H32N2O6Si/c1-26(2,3)35(18-10-6-4-7-11-18,19-12-8-5-9-13-19)33-17-21-20(16-29)23(31)24(34-21)28-15-14-22(30)27-25(28)32/h4-15,20-21,23-24,29,31H,16-17H2,1-3H3,(H,27,30,32)/t20-,21-,23+,24-/m1/s1. The lowest BCUT2D eigenvalue weighted by atomic mass is 9.99. The number of H-pyrrole nitrogens is 1. The number of aliphatic hydroxyl groups is 2. The fourth-order valence-electron chi connectivity index (χ4n) is 5.01. The zero-order valence-corrected chi connectivity index (χ0v) is 21.1. The van der Waals surface area contributed by atoms with Gasteiger partial charge < -0.3 is 19.4 Å². The maximum Gasteiger partial charge on any atom is 0.330 e. The molecule has 0 unspecified atom stereocenters. The highest BCUT2D eigenvalue weighted by atomic mass is 28.4. The number of nitrogens with zero attached hydrogens (tertiary/aromatic N) is 1. The molecule has 3 aromatic rings. The van der Waals surface area contributed by atoms with E-state index in [1.165, 1.54) is 12.3 Å². The number of rotatable bonds is 7. The zero-order valence-electron chi connectivity index (χ0n) is 20.1. The highest BCUT2D eigenvalue weighted by molar-refractivity contribution is 6.99. The summed E-state index contributed by atoms with van der Waals surface area (Å²) in [5, 5.41) is 22.9. The summed E-state index contributed by atoms with van der Waals surface area (Å²) in [6.07, 6.45) is -1.59. The van der Waals surface area contributed by atoms with Gasteiger partial charge in [-0.15, -0.1) is 0 Å². The molecule has 0 amide bonds. The molecule has 1 fully saturated rings. The Labute approximate surface area is 204 Å². The summed E-state index contributed by atoms with van der Waals surface area (Å²) < 4.78 is 14.1. The van der Waals surface area contributed by atoms with Crippen molar-refractivity contribution in [1.29, 1.82) is 0 Å². The monoisotopic (exact) mass is 496 g/mol. The van der Waals surface area contributed by atoms with Gasteiger partial charge in [-0.25, -0.2) is 4.79 Å². The number of ether oxygens (including phenoxy) is 1. The first kappa shape index (κ1) is 25.3. The van der Waals surface area contributed by atoms with Gasteiger partial charge in [0, 0.05) is 18.2 Å². The van der Waals surface area contributed by atoms with Gasteiger partial charge in [0.25, 0.3) is 13.9 Å². The van der Waals surface area contributed by atoms with Gasteiger partial charge in [-0.2, -0.15) is 0 Å². The van der Waals surface area contributed by atoms with E-state index < -0.39 is 43.9 Å². The molecule has 4 rings (SSSR count). The van der Waals surface area contributed by atoms with Crippen molar-refractivity contribution in [2.75, 3.05) is 13.2 Å². The maximum absolute atomic E-state index is 12.3. The summed E-state index contributed by atoms with van der Waals surface area (Å²) in [7, 11) is -2.86. The molecule has 1 aliphatic rings. The van der Waals surface area contributed by atoms with Gasteiger partial charge in [0.05, 0.1) is 19.3 Å². The van der Waals surface area contributed by atoms with Crippen LogP contribution in [-0.4, -0.2) is 53.5 Å². The molecule has 1 saturated heterocycles. The zero-order chi connectivity index (χ0) is 25.2. The molecule has 1 aromatic heterocycles. The van der Waals surface area contributed by atoms with Gasteiger partial charge in [0.1, 0.15) is 6.10 Å². The van der Waals surface area contributed by atoms with Crippen LogP contribution in [-0.2, 0) is 9.16 Å². The molecule has 8 nitrogen and oxygen atoms in total. The average Bonchev–Trinajstić information content (AvgIpc) is 3.15. The molecule has 0 aliphatic carbocycles. The molecule has 35 heavy (non-hydrogen) atoms. The van der Waals surface area contributed by atoms with Crippen molar-refractivity contribution in [2.24, 2.45) is 5.92 Å². The fraction of sp³-hybridized carbons (Fsp3) is 0.385. The van der Waals surface area contributed by atoms with E-state index in [0.29, 0.717) is 0 Å². The van der Waals surface area contributed by atoms with Gasteiger partial charge in [-0.3, -0.25) is 14.3 Å². The Morgan fingerprint density at radius 2 is 1.57 bits per heavy atom. The Kier molecular flexibility index (Phi) is 7.25. The number of aromatic nitrogens is 2. The van der Waals surface area contributed by atoms with E-state index in [9.17, 15) is 19.8 Å². The number of hydrogen-bond acceptors (Lipinski definition) is 6. The van der Waals surface area contributed by atoms with Crippen LogP contribution in [0.2, 0.25) is 5.04 Å². The number of aromatic amines is 1. The minimum Gasteiger partial charge on any atom is -0.405 e. The first-order chi connectivity index (χ1) is 16.7. The number of nitrogens with one attached hydrogen (secondary N) is 1. The topological polar surface area (TPSA) is 114 Å². The average molecular weight is 497 g/mol. The minimum absolute atomic E-state index is 0.115. The van der Waals surface area contributed by atoms with E-state index in [1.54, 1.807) is 0 Å². The predicted octanol–water partition coefficient (Wildman–Crippen LogP) is 0.980. The van der Waals surface area contributed by atoms with Crippen LogP contribution in [0.5, 0.6) is 0 Å². The lowest BCUT2D eigenvalue weighted by molar-refractivity contribution is -0.0518. The second kappa shape index (κ2) is 10.0. The van der Waals surface area contributed by atoms with Crippen LogP contribution >= 0.6 is 0 Å². The van der Waals surface area contributed by atoms with Crippen molar-refractivity contribution < 1.29 is 19.4 Å². The third-order valence-corrected chi connectivity index (χ3v) is 11.7. The van der Waals surface area contributed by atoms with Crippen molar-refractivity contribution in [2.45, 2.75) is 44.2 Å². The number of aliphatic hydroxyl groups excluding tert-OH is 2. The third kappa shape index (κ3) is 4.70. The van der Waals surface area contributed by atoms with E-state index in [2.05, 4.69) is 50.0 Å². The van der Waals surface area contributed by atoms with Crippen molar-refractivity contribution in [3.8, 4) is 0 Å². The molecule has 2 heterocycles. The summed E-state index contributed by atoms with van der Waals surface area (Å²) in [6, 6.07) is 21.5. The lowest BCUT2D eigenvalue weighted by Gasteiger charge is -2.43. The Hall–Kier alpha value is -2.82. The first-order valence-corrected chi connectivity index (χ1v) is 13.6. The number of benzene rings is 2. The smallest absolute Gasteiger partial charge is 0.330 e. The fourth-order valence-corrected chi connectivity index (χ4v) is 9.58. The van der Waals surface area contributed by atoms with Crippen LogP contribution in [0.15, 0.2) is 82.5 Å². The van der Waals surface area contributed by atoms with E-state index >= 15 is 0 Å². The van der Waals surface area contributed by atoms with Gasteiger partial charge in [0.2, 0.25) is 0 Å². The summed E-state index contributed by atoms with van der Waals surface area (Å²) in [5.74, 6) is -0.669. The summed E-state index contributed by atoms with van der Waals surface area (Å²) >= 11 is 0. The van der Waals surface area contributed by atoms with Crippen LogP contribution < -0.4 is 21.6 Å². The van der Waals surface area contributed by atoms with Crippen molar-refractivity contribution in [3.05, 3.63) is 93.8 Å². The molecule has 0 spiro atoms. The molecule has 9 heteroatoms. The first-order valence-electron chi connectivity index (χ1n) is 11.7. The second-order valence-electron chi connectivity index (χ2n) is 9.89. The van der Waals surface area contributed by atoms with Crippen molar-refractivity contribution in [1.82, 2.24) is 9.55 Å². The molecule has 0 saturated carbocycles. The SMILES string of the molecule is CC(C)(C)[Si](OC[C@H]1O[C@@H](n2ccc(=O)[nH]c2=O)[C@@H](O)[C@@H]1CO)(c1ccccc1)c1ccccc1. The number of hydrogen-bond donors (Lipinski definition) is 3. The summed E-state index contributed by atoms with van der Waals surface area (Å²) in [6.45, 7) is 6.26. The molecule has 4 atom stereocenters. The second-order valence-corrected chi connectivity index (χ2v) is 14.2. The normalized spacial score (nSPS) is 22.9. The van der Waals surface area contributed by atoms with Gasteiger partial charge >= 0.3 is 5.69 Å². The molecule has 0 radical (unpaired) electrons. The van der Waals surface area contributed by atoms with Crippen LogP contribution in [0.1, 0.15) is 27.0 Å². The molecular weight excluding hydrogens is 464 g/mol. The summed E-state index contributed by atoms with van der Waals surface area (Å²) in [4.78, 5) is 26.0. The van der Waals surface area contributed by atoms with E-state index in [-0.39, 0.29) is 18.3 Å². The highest BCUT2D eigenvalue weighted by Crippen LogP contribution is 2.39. The Morgan fingerprint density at radius 1 is 1.00 bits per heavy atom. The molecule has 2 aromatic carbocycles. The Bertz CT molecular complexity index is 1200. The largest absolute Gasteiger partial charge is 0.405 e.